The van der Waals surface area contributed by atoms with Crippen LogP contribution in [0.5, 0.6) is 0 Å². The molecule has 0 radical (unpaired) electrons. The molecule has 0 unspecified atom stereocenters. The maximum absolute atomic E-state index is 10.9. The van der Waals surface area contributed by atoms with Gasteiger partial charge < -0.3 is 10.4 Å². The summed E-state index contributed by atoms with van der Waals surface area (Å²) in [5.74, 6) is 0. The van der Waals surface area contributed by atoms with Crippen molar-refractivity contribution in [3.8, 4) is 0 Å². The van der Waals surface area contributed by atoms with E-state index in [0.29, 0.717) is 17.3 Å². The zero-order valence-electron chi connectivity index (χ0n) is 10.6. The van der Waals surface area contributed by atoms with Gasteiger partial charge in [0.05, 0.1) is 10.5 Å². The van der Waals surface area contributed by atoms with Crippen molar-refractivity contribution in [2.24, 2.45) is 0 Å². The summed E-state index contributed by atoms with van der Waals surface area (Å²) in [5, 5.41) is 24.7. The van der Waals surface area contributed by atoms with Gasteiger partial charge >= 0.3 is 0 Å². The standard InChI is InChI=1S/C13H17ClN2O3/c14-10-4-5-12(16(18)19)11(8-10)15-9-13(17)6-2-1-3-7-13/h4-5,8,15,17H,1-3,6-7,9H2. The average molecular weight is 285 g/mol. The zero-order valence-corrected chi connectivity index (χ0v) is 11.3. The quantitative estimate of drug-likeness (QED) is 0.657. The molecule has 19 heavy (non-hydrogen) atoms. The van der Waals surface area contributed by atoms with Crippen LogP contribution in [-0.4, -0.2) is 22.2 Å². The number of hydrogen-bond acceptors (Lipinski definition) is 4. The Hall–Kier alpha value is -1.33. The van der Waals surface area contributed by atoms with Crippen molar-refractivity contribution in [3.63, 3.8) is 0 Å². The Morgan fingerprint density at radius 1 is 1.37 bits per heavy atom. The third-order valence-corrected chi connectivity index (χ3v) is 3.78. The van der Waals surface area contributed by atoms with Gasteiger partial charge in [0.25, 0.3) is 5.69 Å². The van der Waals surface area contributed by atoms with Gasteiger partial charge in [-0.15, -0.1) is 0 Å². The summed E-state index contributed by atoms with van der Waals surface area (Å²) in [7, 11) is 0. The summed E-state index contributed by atoms with van der Waals surface area (Å²) < 4.78 is 0. The van der Waals surface area contributed by atoms with Crippen LogP contribution in [0.3, 0.4) is 0 Å². The molecule has 0 heterocycles. The lowest BCUT2D eigenvalue weighted by molar-refractivity contribution is -0.384. The average Bonchev–Trinajstić information content (AvgIpc) is 2.37. The first kappa shape index (κ1) is 14.1. The Balaban J connectivity index is 2.10. The third-order valence-electron chi connectivity index (χ3n) is 3.55. The van der Waals surface area contributed by atoms with Gasteiger partial charge in [-0.2, -0.15) is 0 Å². The van der Waals surface area contributed by atoms with Crippen LogP contribution in [-0.2, 0) is 0 Å². The van der Waals surface area contributed by atoms with Gasteiger partial charge in [-0.3, -0.25) is 10.1 Å². The lowest BCUT2D eigenvalue weighted by atomic mass is 9.85. The van der Waals surface area contributed by atoms with Crippen LogP contribution in [0.25, 0.3) is 0 Å². The largest absolute Gasteiger partial charge is 0.388 e. The fraction of sp³-hybridized carbons (Fsp3) is 0.538. The maximum atomic E-state index is 10.9. The Labute approximate surface area is 116 Å². The number of nitro groups is 1. The smallest absolute Gasteiger partial charge is 0.292 e. The van der Waals surface area contributed by atoms with Gasteiger partial charge in [-0.05, 0) is 25.0 Å². The second-order valence-corrected chi connectivity index (χ2v) is 5.49. The highest BCUT2D eigenvalue weighted by atomic mass is 35.5. The summed E-state index contributed by atoms with van der Waals surface area (Å²) in [6, 6.07) is 4.38. The highest BCUT2D eigenvalue weighted by molar-refractivity contribution is 6.31. The predicted molar refractivity (Wildman–Crippen MR) is 74.6 cm³/mol. The molecule has 0 aliphatic heterocycles. The molecule has 1 aliphatic rings. The molecule has 104 valence electrons. The number of halogens is 1. The summed E-state index contributed by atoms with van der Waals surface area (Å²) in [6.07, 6.45) is 4.59. The van der Waals surface area contributed by atoms with E-state index in [4.69, 9.17) is 11.6 Å². The molecule has 0 atom stereocenters. The minimum Gasteiger partial charge on any atom is -0.388 e. The number of nitrogens with zero attached hydrogens (tertiary/aromatic N) is 1. The van der Waals surface area contributed by atoms with E-state index in [2.05, 4.69) is 5.32 Å². The number of benzene rings is 1. The minimum atomic E-state index is -0.769. The van der Waals surface area contributed by atoms with Crippen LogP contribution in [0.4, 0.5) is 11.4 Å². The maximum Gasteiger partial charge on any atom is 0.292 e. The molecule has 0 spiro atoms. The summed E-state index contributed by atoms with van der Waals surface area (Å²) in [6.45, 7) is 0.314. The molecular weight excluding hydrogens is 268 g/mol. The van der Waals surface area contributed by atoms with Crippen molar-refractivity contribution in [1.29, 1.82) is 0 Å². The van der Waals surface area contributed by atoms with Crippen LogP contribution < -0.4 is 5.32 Å². The van der Waals surface area contributed by atoms with E-state index in [0.717, 1.165) is 32.1 Å². The predicted octanol–water partition coefficient (Wildman–Crippen LogP) is 3.36. The Morgan fingerprint density at radius 2 is 2.05 bits per heavy atom. The normalized spacial score (nSPS) is 18.0. The third kappa shape index (κ3) is 3.58. The minimum absolute atomic E-state index is 0.0243. The van der Waals surface area contributed by atoms with Crippen molar-refractivity contribution in [1.82, 2.24) is 0 Å². The number of rotatable bonds is 4. The van der Waals surface area contributed by atoms with E-state index < -0.39 is 10.5 Å². The first-order chi connectivity index (χ1) is 9.00. The lowest BCUT2D eigenvalue weighted by Gasteiger charge is -2.32. The summed E-state index contributed by atoms with van der Waals surface area (Å²) in [4.78, 5) is 10.5. The zero-order chi connectivity index (χ0) is 13.9. The molecule has 0 bridgehead atoms. The van der Waals surface area contributed by atoms with E-state index in [-0.39, 0.29) is 5.69 Å². The van der Waals surface area contributed by atoms with Gasteiger partial charge in [0.1, 0.15) is 5.69 Å². The van der Waals surface area contributed by atoms with Gasteiger partial charge in [0.15, 0.2) is 0 Å². The molecule has 1 fully saturated rings. The highest BCUT2D eigenvalue weighted by Gasteiger charge is 2.29. The molecular formula is C13H17ClN2O3. The van der Waals surface area contributed by atoms with E-state index in [1.165, 1.54) is 18.2 Å². The SMILES string of the molecule is O=[N+]([O-])c1ccc(Cl)cc1NCC1(O)CCCCC1. The molecule has 0 aromatic heterocycles. The number of aliphatic hydroxyl groups is 1. The van der Waals surface area contributed by atoms with Crippen molar-refractivity contribution in [3.05, 3.63) is 33.3 Å². The fourth-order valence-corrected chi connectivity index (χ4v) is 2.63. The molecule has 1 aromatic carbocycles. The molecule has 0 amide bonds. The Morgan fingerprint density at radius 3 is 2.68 bits per heavy atom. The monoisotopic (exact) mass is 284 g/mol. The van der Waals surface area contributed by atoms with E-state index in [9.17, 15) is 15.2 Å². The first-order valence-corrected chi connectivity index (χ1v) is 6.78. The molecule has 6 heteroatoms. The van der Waals surface area contributed by atoms with Crippen LogP contribution >= 0.6 is 11.6 Å². The number of anilines is 1. The van der Waals surface area contributed by atoms with Gasteiger partial charge in [-0.1, -0.05) is 30.9 Å². The van der Waals surface area contributed by atoms with Crippen molar-refractivity contribution < 1.29 is 10.0 Å². The van der Waals surface area contributed by atoms with Crippen LogP contribution in [0.1, 0.15) is 32.1 Å². The topological polar surface area (TPSA) is 75.4 Å². The number of nitrogens with one attached hydrogen (secondary N) is 1. The van der Waals surface area contributed by atoms with Crippen LogP contribution in [0, 0.1) is 10.1 Å². The molecule has 1 saturated carbocycles. The second-order valence-electron chi connectivity index (χ2n) is 5.06. The molecule has 0 saturated heterocycles. The van der Waals surface area contributed by atoms with Gasteiger partial charge in [0, 0.05) is 17.6 Å². The van der Waals surface area contributed by atoms with E-state index >= 15 is 0 Å². The Bertz CT molecular complexity index is 473. The second kappa shape index (κ2) is 5.75. The summed E-state index contributed by atoms with van der Waals surface area (Å²) in [5.41, 5.74) is -0.436. The molecule has 2 rings (SSSR count). The van der Waals surface area contributed by atoms with Crippen molar-refractivity contribution in [2.45, 2.75) is 37.7 Å². The van der Waals surface area contributed by atoms with Crippen LogP contribution in [0.2, 0.25) is 5.02 Å². The van der Waals surface area contributed by atoms with Crippen molar-refractivity contribution in [2.75, 3.05) is 11.9 Å². The number of nitro benzene ring substituents is 1. The van der Waals surface area contributed by atoms with Gasteiger partial charge in [-0.25, -0.2) is 0 Å². The van der Waals surface area contributed by atoms with E-state index in [1.807, 2.05) is 0 Å². The van der Waals surface area contributed by atoms with E-state index in [1.54, 1.807) is 0 Å². The van der Waals surface area contributed by atoms with Crippen LogP contribution in [0.15, 0.2) is 18.2 Å². The molecule has 5 nitrogen and oxygen atoms in total. The van der Waals surface area contributed by atoms with Gasteiger partial charge in [0.2, 0.25) is 0 Å². The molecule has 1 aromatic rings. The molecule has 2 N–H and O–H groups in total. The Kier molecular flexibility index (Phi) is 4.27. The summed E-state index contributed by atoms with van der Waals surface area (Å²) >= 11 is 5.85. The fourth-order valence-electron chi connectivity index (χ4n) is 2.46. The first-order valence-electron chi connectivity index (χ1n) is 6.40. The lowest BCUT2D eigenvalue weighted by Crippen LogP contribution is -2.38. The van der Waals surface area contributed by atoms with Crippen molar-refractivity contribution >= 4 is 23.0 Å². The molecule has 1 aliphatic carbocycles. The number of hydrogen-bond donors (Lipinski definition) is 2. The highest BCUT2D eigenvalue weighted by Crippen LogP contribution is 2.31.